The molecule has 0 saturated carbocycles. The van der Waals surface area contributed by atoms with Gasteiger partial charge in [-0.15, -0.1) is 0 Å². The number of nitrogens with one attached hydrogen (secondary N) is 1. The van der Waals surface area contributed by atoms with Crippen LogP contribution >= 0.6 is 11.6 Å². The van der Waals surface area contributed by atoms with Crippen molar-refractivity contribution in [3.63, 3.8) is 0 Å². The largest absolute Gasteiger partial charge is 0.493 e. The van der Waals surface area contributed by atoms with Crippen LogP contribution in [0, 0.1) is 0 Å². The Bertz CT molecular complexity index is 718. The molecule has 1 amide bonds. The maximum absolute atomic E-state index is 12.3. The van der Waals surface area contributed by atoms with Gasteiger partial charge < -0.3 is 19.5 Å². The Balaban J connectivity index is 2.04. The van der Waals surface area contributed by atoms with Crippen LogP contribution in [0.2, 0.25) is 5.02 Å². The Morgan fingerprint density at radius 3 is 2.38 bits per heavy atom. The Hall–Kier alpha value is -2.40. The van der Waals surface area contributed by atoms with Crippen molar-refractivity contribution in [2.75, 3.05) is 20.8 Å². The molecule has 0 bridgehead atoms. The molecule has 0 spiro atoms. The van der Waals surface area contributed by atoms with Gasteiger partial charge in [0.05, 0.1) is 25.8 Å². The minimum atomic E-state index is -0.213. The predicted octanol–water partition coefficient (Wildman–Crippen LogP) is 3.69. The van der Waals surface area contributed by atoms with Gasteiger partial charge in [0.25, 0.3) is 5.91 Å². The van der Waals surface area contributed by atoms with E-state index in [2.05, 4.69) is 5.32 Å². The summed E-state index contributed by atoms with van der Waals surface area (Å²) in [6.45, 7) is 2.76. The standard InChI is InChI=1S/C18H20ClNO4/c1-4-24-15-8-6-13(10-14(15)19)18(21)20-11-12-5-7-16(22-2)17(9-12)23-3/h5-10H,4,11H2,1-3H3,(H,20,21). The van der Waals surface area contributed by atoms with E-state index in [0.29, 0.717) is 41.0 Å². The van der Waals surface area contributed by atoms with Crippen molar-refractivity contribution >= 4 is 17.5 Å². The van der Waals surface area contributed by atoms with E-state index in [4.69, 9.17) is 25.8 Å². The molecule has 0 radical (unpaired) electrons. The second-order valence-corrected chi connectivity index (χ2v) is 5.36. The predicted molar refractivity (Wildman–Crippen MR) is 93.3 cm³/mol. The molecule has 128 valence electrons. The van der Waals surface area contributed by atoms with Crippen LogP contribution in [0.4, 0.5) is 0 Å². The highest BCUT2D eigenvalue weighted by Gasteiger charge is 2.10. The first-order valence-corrected chi connectivity index (χ1v) is 7.88. The summed E-state index contributed by atoms with van der Waals surface area (Å²) < 4.78 is 15.8. The molecule has 5 nitrogen and oxygen atoms in total. The van der Waals surface area contributed by atoms with Gasteiger partial charge in [-0.05, 0) is 42.8 Å². The topological polar surface area (TPSA) is 56.8 Å². The number of carbonyl (C=O) groups excluding carboxylic acids is 1. The van der Waals surface area contributed by atoms with Crippen LogP contribution in [0.15, 0.2) is 36.4 Å². The maximum Gasteiger partial charge on any atom is 0.251 e. The number of hydrogen-bond acceptors (Lipinski definition) is 4. The first kappa shape index (κ1) is 17.9. The smallest absolute Gasteiger partial charge is 0.251 e. The van der Waals surface area contributed by atoms with E-state index in [-0.39, 0.29) is 5.91 Å². The van der Waals surface area contributed by atoms with E-state index in [1.807, 2.05) is 19.1 Å². The number of benzene rings is 2. The first-order chi connectivity index (χ1) is 11.6. The molecule has 6 heteroatoms. The molecule has 0 fully saturated rings. The van der Waals surface area contributed by atoms with Gasteiger partial charge in [0.1, 0.15) is 5.75 Å². The number of carbonyl (C=O) groups is 1. The highest BCUT2D eigenvalue weighted by Crippen LogP contribution is 2.28. The second kappa shape index (κ2) is 8.45. The molecule has 2 aromatic carbocycles. The molecule has 0 aromatic heterocycles. The number of amides is 1. The third-order valence-corrected chi connectivity index (χ3v) is 3.69. The lowest BCUT2D eigenvalue weighted by atomic mass is 10.1. The van der Waals surface area contributed by atoms with E-state index >= 15 is 0 Å². The molecule has 2 rings (SSSR count). The summed E-state index contributed by atoms with van der Waals surface area (Å²) in [4.78, 5) is 12.3. The fourth-order valence-electron chi connectivity index (χ4n) is 2.19. The minimum absolute atomic E-state index is 0.213. The fraction of sp³-hybridized carbons (Fsp3) is 0.278. The Kier molecular flexibility index (Phi) is 6.32. The highest BCUT2D eigenvalue weighted by atomic mass is 35.5. The lowest BCUT2D eigenvalue weighted by Crippen LogP contribution is -2.22. The number of halogens is 1. The van der Waals surface area contributed by atoms with Gasteiger partial charge in [0, 0.05) is 12.1 Å². The van der Waals surface area contributed by atoms with E-state index in [1.54, 1.807) is 38.5 Å². The molecule has 0 saturated heterocycles. The quantitative estimate of drug-likeness (QED) is 0.828. The summed E-state index contributed by atoms with van der Waals surface area (Å²) in [6.07, 6.45) is 0. The molecule has 0 heterocycles. The van der Waals surface area contributed by atoms with Crippen molar-refractivity contribution < 1.29 is 19.0 Å². The first-order valence-electron chi connectivity index (χ1n) is 7.50. The molecule has 0 unspecified atom stereocenters. The molecule has 2 aromatic rings. The van der Waals surface area contributed by atoms with Gasteiger partial charge in [-0.1, -0.05) is 17.7 Å². The van der Waals surface area contributed by atoms with Gasteiger partial charge in [0.15, 0.2) is 11.5 Å². The molecular formula is C18H20ClNO4. The molecule has 0 aliphatic rings. The summed E-state index contributed by atoms with van der Waals surface area (Å²) in [7, 11) is 3.15. The maximum atomic E-state index is 12.3. The van der Waals surface area contributed by atoms with Crippen molar-refractivity contribution in [3.05, 3.63) is 52.5 Å². The van der Waals surface area contributed by atoms with Crippen LogP contribution in [0.5, 0.6) is 17.2 Å². The fourth-order valence-corrected chi connectivity index (χ4v) is 2.42. The molecular weight excluding hydrogens is 330 g/mol. The zero-order chi connectivity index (χ0) is 17.5. The Labute approximate surface area is 146 Å². The number of rotatable bonds is 7. The SMILES string of the molecule is CCOc1ccc(C(=O)NCc2ccc(OC)c(OC)c2)cc1Cl. The summed E-state index contributed by atoms with van der Waals surface area (Å²) in [5, 5.41) is 3.26. The lowest BCUT2D eigenvalue weighted by Gasteiger charge is -2.11. The van der Waals surface area contributed by atoms with Crippen LogP contribution in [0.25, 0.3) is 0 Å². The molecule has 0 aliphatic carbocycles. The minimum Gasteiger partial charge on any atom is -0.493 e. The molecule has 0 atom stereocenters. The number of methoxy groups -OCH3 is 2. The summed E-state index contributed by atoms with van der Waals surface area (Å²) in [5.74, 6) is 1.62. The van der Waals surface area contributed by atoms with Crippen LogP contribution < -0.4 is 19.5 Å². The molecule has 1 N–H and O–H groups in total. The third-order valence-electron chi connectivity index (χ3n) is 3.39. The van der Waals surface area contributed by atoms with Crippen LogP contribution in [-0.2, 0) is 6.54 Å². The monoisotopic (exact) mass is 349 g/mol. The highest BCUT2D eigenvalue weighted by molar-refractivity contribution is 6.32. The summed E-state index contributed by atoms with van der Waals surface area (Å²) in [5.41, 5.74) is 1.38. The van der Waals surface area contributed by atoms with Crippen LogP contribution in [0.3, 0.4) is 0 Å². The summed E-state index contributed by atoms with van der Waals surface area (Å²) in [6, 6.07) is 10.5. The van der Waals surface area contributed by atoms with Crippen LogP contribution in [0.1, 0.15) is 22.8 Å². The lowest BCUT2D eigenvalue weighted by molar-refractivity contribution is 0.0951. The van der Waals surface area contributed by atoms with Gasteiger partial charge in [-0.3, -0.25) is 4.79 Å². The number of hydrogen-bond donors (Lipinski definition) is 1. The van der Waals surface area contributed by atoms with E-state index in [9.17, 15) is 4.79 Å². The number of ether oxygens (including phenoxy) is 3. The average molecular weight is 350 g/mol. The van der Waals surface area contributed by atoms with Gasteiger partial charge in [-0.25, -0.2) is 0 Å². The van der Waals surface area contributed by atoms with Gasteiger partial charge in [0.2, 0.25) is 0 Å². The van der Waals surface area contributed by atoms with Crippen molar-refractivity contribution in [1.82, 2.24) is 5.32 Å². The average Bonchev–Trinajstić information content (AvgIpc) is 2.61. The van der Waals surface area contributed by atoms with Crippen molar-refractivity contribution in [3.8, 4) is 17.2 Å². The van der Waals surface area contributed by atoms with E-state index in [0.717, 1.165) is 5.56 Å². The Morgan fingerprint density at radius 1 is 1.04 bits per heavy atom. The zero-order valence-corrected chi connectivity index (χ0v) is 14.6. The van der Waals surface area contributed by atoms with E-state index < -0.39 is 0 Å². The zero-order valence-electron chi connectivity index (χ0n) is 13.9. The van der Waals surface area contributed by atoms with Gasteiger partial charge >= 0.3 is 0 Å². The van der Waals surface area contributed by atoms with E-state index in [1.165, 1.54) is 0 Å². The van der Waals surface area contributed by atoms with Crippen molar-refractivity contribution in [1.29, 1.82) is 0 Å². The molecule has 24 heavy (non-hydrogen) atoms. The van der Waals surface area contributed by atoms with Crippen LogP contribution in [-0.4, -0.2) is 26.7 Å². The normalized spacial score (nSPS) is 10.2. The van der Waals surface area contributed by atoms with Crippen molar-refractivity contribution in [2.24, 2.45) is 0 Å². The molecule has 0 aliphatic heterocycles. The summed E-state index contributed by atoms with van der Waals surface area (Å²) >= 11 is 6.11. The Morgan fingerprint density at radius 2 is 1.75 bits per heavy atom. The van der Waals surface area contributed by atoms with Gasteiger partial charge in [-0.2, -0.15) is 0 Å². The second-order valence-electron chi connectivity index (χ2n) is 4.95. The third kappa shape index (κ3) is 4.32. The van der Waals surface area contributed by atoms with Crippen molar-refractivity contribution in [2.45, 2.75) is 13.5 Å².